The summed E-state index contributed by atoms with van der Waals surface area (Å²) >= 11 is 0. The number of aromatic nitrogens is 2. The SMILES string of the molecule is CCc1c(-c2ccc(O)cc2)nn(-c2ccccc2C)c1-c1ccc(O)cc1. The highest BCUT2D eigenvalue weighted by Gasteiger charge is 2.21. The number of aromatic hydroxyl groups is 2. The number of hydrogen-bond donors (Lipinski definition) is 2. The molecule has 4 nitrogen and oxygen atoms in total. The highest BCUT2D eigenvalue weighted by atomic mass is 16.3. The lowest BCUT2D eigenvalue weighted by atomic mass is 9.99. The highest BCUT2D eigenvalue weighted by Crippen LogP contribution is 2.36. The molecule has 0 aliphatic heterocycles. The molecule has 0 saturated heterocycles. The third-order valence-corrected chi connectivity index (χ3v) is 4.96. The standard InChI is InChI=1S/C24H22N2O2/c1-3-21-23(17-8-12-19(27)13-9-17)25-26(22-7-5-4-6-16(22)2)24(21)18-10-14-20(28)15-11-18/h4-15,27-28H,3H2,1-2H3. The molecule has 0 aliphatic rings. The molecule has 1 aromatic heterocycles. The molecule has 28 heavy (non-hydrogen) atoms. The van der Waals surface area contributed by atoms with Crippen molar-refractivity contribution >= 4 is 0 Å². The Morgan fingerprint density at radius 3 is 1.93 bits per heavy atom. The van der Waals surface area contributed by atoms with Gasteiger partial charge in [0.15, 0.2) is 0 Å². The lowest BCUT2D eigenvalue weighted by molar-refractivity contribution is 0.475. The van der Waals surface area contributed by atoms with Crippen molar-refractivity contribution in [3.8, 4) is 39.7 Å². The predicted octanol–water partition coefficient (Wildman–Crippen LogP) is 5.49. The molecular formula is C24H22N2O2. The number of benzene rings is 3. The molecule has 0 amide bonds. The van der Waals surface area contributed by atoms with Gasteiger partial charge in [0.25, 0.3) is 0 Å². The van der Waals surface area contributed by atoms with Crippen LogP contribution >= 0.6 is 0 Å². The first-order chi connectivity index (χ1) is 13.6. The number of hydrogen-bond acceptors (Lipinski definition) is 3. The van der Waals surface area contributed by atoms with E-state index in [1.165, 1.54) is 0 Å². The Bertz CT molecular complexity index is 1110. The second-order valence-electron chi connectivity index (χ2n) is 6.82. The number of aryl methyl sites for hydroxylation is 1. The number of rotatable bonds is 4. The summed E-state index contributed by atoms with van der Waals surface area (Å²) in [6.07, 6.45) is 0.804. The van der Waals surface area contributed by atoms with Gasteiger partial charge in [-0.2, -0.15) is 5.10 Å². The molecule has 1 heterocycles. The van der Waals surface area contributed by atoms with E-state index in [4.69, 9.17) is 5.10 Å². The van der Waals surface area contributed by atoms with Gasteiger partial charge in [-0.1, -0.05) is 25.1 Å². The summed E-state index contributed by atoms with van der Waals surface area (Å²) < 4.78 is 1.99. The van der Waals surface area contributed by atoms with E-state index in [1.54, 1.807) is 24.3 Å². The quantitative estimate of drug-likeness (QED) is 0.499. The van der Waals surface area contributed by atoms with Gasteiger partial charge in [-0.25, -0.2) is 4.68 Å². The molecule has 4 heteroatoms. The van der Waals surface area contributed by atoms with Crippen molar-refractivity contribution in [2.75, 3.05) is 0 Å². The lowest BCUT2D eigenvalue weighted by Crippen LogP contribution is -2.02. The minimum atomic E-state index is 0.235. The third kappa shape index (κ3) is 3.14. The summed E-state index contributed by atoms with van der Waals surface area (Å²) in [6.45, 7) is 4.19. The Labute approximate surface area is 164 Å². The van der Waals surface area contributed by atoms with Gasteiger partial charge in [0.1, 0.15) is 11.5 Å². The van der Waals surface area contributed by atoms with Crippen LogP contribution < -0.4 is 0 Å². The number of phenols is 2. The molecule has 0 spiro atoms. The molecule has 0 fully saturated rings. The maximum absolute atomic E-state index is 9.72. The molecule has 4 rings (SSSR count). The van der Waals surface area contributed by atoms with Crippen molar-refractivity contribution in [2.24, 2.45) is 0 Å². The van der Waals surface area contributed by atoms with Gasteiger partial charge in [-0.15, -0.1) is 0 Å². The van der Waals surface area contributed by atoms with Gasteiger partial charge in [-0.05, 0) is 73.5 Å². The Balaban J connectivity index is 2.02. The fourth-order valence-corrected chi connectivity index (χ4v) is 3.53. The molecule has 0 bridgehead atoms. The maximum Gasteiger partial charge on any atom is 0.115 e. The Morgan fingerprint density at radius 2 is 1.36 bits per heavy atom. The van der Waals surface area contributed by atoms with Crippen LogP contribution in [0, 0.1) is 6.92 Å². The second-order valence-corrected chi connectivity index (χ2v) is 6.82. The first kappa shape index (κ1) is 17.9. The minimum absolute atomic E-state index is 0.235. The largest absolute Gasteiger partial charge is 0.508 e. The average Bonchev–Trinajstić information content (AvgIpc) is 3.09. The normalized spacial score (nSPS) is 10.9. The van der Waals surface area contributed by atoms with Crippen molar-refractivity contribution in [1.82, 2.24) is 9.78 Å². The molecule has 0 atom stereocenters. The van der Waals surface area contributed by atoms with E-state index in [-0.39, 0.29) is 11.5 Å². The van der Waals surface area contributed by atoms with Crippen LogP contribution in [0.1, 0.15) is 18.1 Å². The summed E-state index contributed by atoms with van der Waals surface area (Å²) in [6, 6.07) is 22.5. The van der Waals surface area contributed by atoms with Crippen LogP contribution in [0.5, 0.6) is 11.5 Å². The molecule has 2 N–H and O–H groups in total. The molecule has 0 unspecified atom stereocenters. The Hall–Kier alpha value is -3.53. The predicted molar refractivity (Wildman–Crippen MR) is 112 cm³/mol. The van der Waals surface area contributed by atoms with Crippen LogP contribution in [0.15, 0.2) is 72.8 Å². The molecule has 3 aromatic carbocycles. The van der Waals surface area contributed by atoms with E-state index in [9.17, 15) is 10.2 Å². The summed E-state index contributed by atoms with van der Waals surface area (Å²) in [7, 11) is 0. The lowest BCUT2D eigenvalue weighted by Gasteiger charge is -2.12. The van der Waals surface area contributed by atoms with Crippen molar-refractivity contribution in [3.05, 3.63) is 83.9 Å². The van der Waals surface area contributed by atoms with E-state index in [0.29, 0.717) is 0 Å². The van der Waals surface area contributed by atoms with E-state index < -0.39 is 0 Å². The van der Waals surface area contributed by atoms with Gasteiger partial charge >= 0.3 is 0 Å². The van der Waals surface area contributed by atoms with E-state index in [0.717, 1.165) is 45.7 Å². The summed E-state index contributed by atoms with van der Waals surface area (Å²) in [5, 5.41) is 24.4. The van der Waals surface area contributed by atoms with Crippen LogP contribution in [-0.2, 0) is 6.42 Å². The molecule has 140 valence electrons. The van der Waals surface area contributed by atoms with Crippen LogP contribution in [0.4, 0.5) is 0 Å². The number of para-hydroxylation sites is 1. The fourth-order valence-electron chi connectivity index (χ4n) is 3.53. The Morgan fingerprint density at radius 1 is 0.786 bits per heavy atom. The topological polar surface area (TPSA) is 58.3 Å². The van der Waals surface area contributed by atoms with E-state index in [1.807, 2.05) is 41.1 Å². The highest BCUT2D eigenvalue weighted by molar-refractivity contribution is 5.77. The van der Waals surface area contributed by atoms with Gasteiger partial charge < -0.3 is 10.2 Å². The van der Waals surface area contributed by atoms with E-state index >= 15 is 0 Å². The smallest absolute Gasteiger partial charge is 0.115 e. The van der Waals surface area contributed by atoms with Crippen LogP contribution in [0.25, 0.3) is 28.2 Å². The van der Waals surface area contributed by atoms with E-state index in [2.05, 4.69) is 26.0 Å². The first-order valence-corrected chi connectivity index (χ1v) is 9.35. The average molecular weight is 370 g/mol. The zero-order valence-electron chi connectivity index (χ0n) is 15.9. The number of nitrogens with zero attached hydrogens (tertiary/aromatic N) is 2. The van der Waals surface area contributed by atoms with Crippen LogP contribution in [0.3, 0.4) is 0 Å². The monoisotopic (exact) mass is 370 g/mol. The van der Waals surface area contributed by atoms with Crippen LogP contribution in [0.2, 0.25) is 0 Å². The van der Waals surface area contributed by atoms with Crippen molar-refractivity contribution in [2.45, 2.75) is 20.3 Å². The van der Waals surface area contributed by atoms with Gasteiger partial charge in [0, 0.05) is 16.7 Å². The fraction of sp³-hybridized carbons (Fsp3) is 0.125. The second kappa shape index (κ2) is 7.24. The van der Waals surface area contributed by atoms with Crippen molar-refractivity contribution in [3.63, 3.8) is 0 Å². The first-order valence-electron chi connectivity index (χ1n) is 9.35. The van der Waals surface area contributed by atoms with Crippen molar-refractivity contribution < 1.29 is 10.2 Å². The van der Waals surface area contributed by atoms with Crippen molar-refractivity contribution in [1.29, 1.82) is 0 Å². The zero-order chi connectivity index (χ0) is 19.7. The molecule has 0 saturated carbocycles. The van der Waals surface area contributed by atoms with Gasteiger partial charge in [-0.3, -0.25) is 0 Å². The van der Waals surface area contributed by atoms with Gasteiger partial charge in [0.2, 0.25) is 0 Å². The minimum Gasteiger partial charge on any atom is -0.508 e. The maximum atomic E-state index is 9.72. The molecule has 0 radical (unpaired) electrons. The van der Waals surface area contributed by atoms with Crippen LogP contribution in [-0.4, -0.2) is 20.0 Å². The molecular weight excluding hydrogens is 348 g/mol. The third-order valence-electron chi connectivity index (χ3n) is 4.96. The molecule has 4 aromatic rings. The number of phenolic OH excluding ortho intramolecular Hbond substituents is 2. The molecule has 0 aliphatic carbocycles. The zero-order valence-corrected chi connectivity index (χ0v) is 15.9. The summed E-state index contributed by atoms with van der Waals surface area (Å²) in [5.74, 6) is 0.474. The Kier molecular flexibility index (Phi) is 4.62. The van der Waals surface area contributed by atoms with Gasteiger partial charge in [0.05, 0.1) is 17.1 Å². The summed E-state index contributed by atoms with van der Waals surface area (Å²) in [5.41, 5.74) is 7.14. The summed E-state index contributed by atoms with van der Waals surface area (Å²) in [4.78, 5) is 0.